The number of methoxy groups -OCH3 is 1. The Labute approximate surface area is 236 Å². The minimum absolute atomic E-state index is 0.163. The Morgan fingerprint density at radius 3 is 2.59 bits per heavy atom. The molecule has 0 radical (unpaired) electrons. The molecule has 1 fully saturated rings. The van der Waals surface area contributed by atoms with Crippen LogP contribution in [0.15, 0.2) is 29.8 Å². The van der Waals surface area contributed by atoms with Crippen molar-refractivity contribution in [1.29, 1.82) is 0 Å². The molecule has 0 spiro atoms. The van der Waals surface area contributed by atoms with E-state index in [1.165, 1.54) is 4.90 Å². The summed E-state index contributed by atoms with van der Waals surface area (Å²) in [5, 5.41) is 20.2. The summed E-state index contributed by atoms with van der Waals surface area (Å²) < 4.78 is 5.13. The van der Waals surface area contributed by atoms with E-state index in [9.17, 15) is 14.7 Å². The molecular formula is C29H45N5O4S. The molecule has 1 aromatic carbocycles. The fourth-order valence-corrected chi connectivity index (χ4v) is 5.76. The van der Waals surface area contributed by atoms with Gasteiger partial charge in [0.1, 0.15) is 6.04 Å². The summed E-state index contributed by atoms with van der Waals surface area (Å²) in [6.45, 7) is 10.9. The zero-order valence-electron chi connectivity index (χ0n) is 23.9. The molecule has 2 amide bonds. The number of hydrogen-bond donors (Lipinski definition) is 4. The van der Waals surface area contributed by atoms with Gasteiger partial charge >= 0.3 is 0 Å². The van der Waals surface area contributed by atoms with Gasteiger partial charge in [0.05, 0.1) is 28.2 Å². The van der Waals surface area contributed by atoms with Crippen LogP contribution in [0.4, 0.5) is 0 Å². The number of hydrogen-bond acceptors (Lipinski definition) is 8. The normalized spacial score (nSPS) is 18.9. The van der Waals surface area contributed by atoms with E-state index in [2.05, 4.69) is 34.8 Å². The Kier molecular flexibility index (Phi) is 12.3. The Hall–Kier alpha value is -2.37. The summed E-state index contributed by atoms with van der Waals surface area (Å²) >= 11 is 1.61. The van der Waals surface area contributed by atoms with Crippen LogP contribution in [-0.2, 0) is 20.9 Å². The van der Waals surface area contributed by atoms with Gasteiger partial charge in [-0.25, -0.2) is 4.98 Å². The average molecular weight is 560 g/mol. The van der Waals surface area contributed by atoms with Crippen LogP contribution in [0.5, 0.6) is 0 Å². The van der Waals surface area contributed by atoms with Crippen LogP contribution in [0.25, 0.3) is 10.4 Å². The minimum Gasteiger partial charge on any atom is -0.391 e. The number of carbonyl (C=O) groups is 2. The van der Waals surface area contributed by atoms with Gasteiger partial charge in [-0.2, -0.15) is 0 Å². The molecule has 2 heterocycles. The van der Waals surface area contributed by atoms with E-state index in [1.807, 2.05) is 43.6 Å². The molecule has 1 aromatic heterocycles. The average Bonchev–Trinajstić information content (AvgIpc) is 3.52. The standard InChI is InChI=1S/C29H45N5O4S/c1-19(2)13-24(30-11-6-12-38-5)16-31-21(4)29(37)34-17-25(35)14-26(34)28(36)32-15-22-7-9-23(10-8-22)27-20(3)33-18-39-27/h7-10,18-19,21,24-26,30-31,35H,6,11-17H2,1-5H3,(H,32,36)/t21-,24-,25+,26-/m0/s1. The third kappa shape index (κ3) is 9.36. The molecule has 10 heteroatoms. The number of nitrogens with zero attached hydrogens (tertiary/aromatic N) is 2. The number of β-amino-alcohol motifs (C(OH)–C–C–N with tert-alkyl or cyclic N) is 1. The summed E-state index contributed by atoms with van der Waals surface area (Å²) in [7, 11) is 1.70. The van der Waals surface area contributed by atoms with Gasteiger partial charge in [-0.1, -0.05) is 38.1 Å². The van der Waals surface area contributed by atoms with Crippen LogP contribution in [0.2, 0.25) is 0 Å². The maximum Gasteiger partial charge on any atom is 0.243 e. The largest absolute Gasteiger partial charge is 0.391 e. The fraction of sp³-hybridized carbons (Fsp3) is 0.621. The Bertz CT molecular complexity index is 1040. The van der Waals surface area contributed by atoms with Crippen LogP contribution in [-0.4, -0.2) is 84.4 Å². The Morgan fingerprint density at radius 1 is 1.21 bits per heavy atom. The van der Waals surface area contributed by atoms with Gasteiger partial charge in [0, 0.05) is 45.8 Å². The van der Waals surface area contributed by atoms with Crippen LogP contribution >= 0.6 is 11.3 Å². The zero-order valence-corrected chi connectivity index (χ0v) is 24.7. The minimum atomic E-state index is -0.713. The molecule has 0 unspecified atom stereocenters. The van der Waals surface area contributed by atoms with Crippen molar-refractivity contribution in [2.24, 2.45) is 5.92 Å². The summed E-state index contributed by atoms with van der Waals surface area (Å²) in [6.07, 6.45) is 1.44. The maximum absolute atomic E-state index is 13.3. The van der Waals surface area contributed by atoms with E-state index < -0.39 is 18.2 Å². The van der Waals surface area contributed by atoms with Crippen molar-refractivity contribution in [3.8, 4) is 10.4 Å². The molecule has 9 nitrogen and oxygen atoms in total. The highest BCUT2D eigenvalue weighted by atomic mass is 32.1. The second-order valence-corrected chi connectivity index (χ2v) is 11.7. The second-order valence-electron chi connectivity index (χ2n) is 10.8. The highest BCUT2D eigenvalue weighted by molar-refractivity contribution is 7.13. The molecule has 3 rings (SSSR count). The van der Waals surface area contributed by atoms with Gasteiger partial charge < -0.3 is 30.7 Å². The Morgan fingerprint density at radius 2 is 1.95 bits per heavy atom. The number of aryl methyl sites for hydroxylation is 1. The SMILES string of the molecule is COCCCN[C@H](CN[C@@H](C)C(=O)N1C[C@H](O)C[C@H]1C(=O)NCc1ccc(-c2scnc2C)cc1)CC(C)C. The van der Waals surface area contributed by atoms with E-state index in [1.54, 1.807) is 18.4 Å². The summed E-state index contributed by atoms with van der Waals surface area (Å²) in [4.78, 5) is 33.4. The maximum atomic E-state index is 13.3. The van der Waals surface area contributed by atoms with E-state index in [0.717, 1.165) is 41.1 Å². The van der Waals surface area contributed by atoms with Crippen molar-refractivity contribution >= 4 is 23.2 Å². The number of ether oxygens (including phenoxy) is 1. The topological polar surface area (TPSA) is 116 Å². The third-order valence-electron chi connectivity index (χ3n) is 7.05. The predicted molar refractivity (Wildman–Crippen MR) is 155 cm³/mol. The number of nitrogens with one attached hydrogen (secondary N) is 3. The van der Waals surface area contributed by atoms with Gasteiger partial charge in [0.15, 0.2) is 0 Å². The fourth-order valence-electron chi connectivity index (χ4n) is 4.95. The van der Waals surface area contributed by atoms with Crippen molar-refractivity contribution in [2.75, 3.05) is 33.4 Å². The number of thiazole rings is 1. The molecule has 1 aliphatic heterocycles. The molecule has 4 N–H and O–H groups in total. The molecule has 216 valence electrons. The van der Waals surface area contributed by atoms with Crippen molar-refractivity contribution in [3.05, 3.63) is 41.0 Å². The molecule has 4 atom stereocenters. The number of rotatable bonds is 15. The number of carbonyl (C=O) groups excluding carboxylic acids is 2. The molecule has 0 saturated carbocycles. The van der Waals surface area contributed by atoms with Crippen LogP contribution < -0.4 is 16.0 Å². The highest BCUT2D eigenvalue weighted by Crippen LogP contribution is 2.27. The number of aliphatic hydroxyl groups excluding tert-OH is 1. The molecule has 0 bridgehead atoms. The van der Waals surface area contributed by atoms with Crippen molar-refractivity contribution in [2.45, 2.75) is 77.7 Å². The number of benzene rings is 1. The number of aromatic nitrogens is 1. The summed E-state index contributed by atoms with van der Waals surface area (Å²) in [6, 6.07) is 7.12. The van der Waals surface area contributed by atoms with Crippen LogP contribution in [0.3, 0.4) is 0 Å². The van der Waals surface area contributed by atoms with Gasteiger partial charge in [0.2, 0.25) is 11.8 Å². The first-order valence-electron chi connectivity index (χ1n) is 13.9. The Balaban J connectivity index is 1.52. The smallest absolute Gasteiger partial charge is 0.243 e. The lowest BCUT2D eigenvalue weighted by molar-refractivity contribution is -0.139. The predicted octanol–water partition coefficient (Wildman–Crippen LogP) is 2.72. The van der Waals surface area contributed by atoms with Gasteiger partial charge in [-0.05, 0) is 50.3 Å². The lowest BCUT2D eigenvalue weighted by Crippen LogP contribution is -2.53. The third-order valence-corrected chi connectivity index (χ3v) is 8.03. The van der Waals surface area contributed by atoms with E-state index in [0.29, 0.717) is 25.6 Å². The van der Waals surface area contributed by atoms with Crippen LogP contribution in [0, 0.1) is 12.8 Å². The van der Waals surface area contributed by atoms with Gasteiger partial charge in [0.25, 0.3) is 0 Å². The molecule has 0 aliphatic carbocycles. The number of aliphatic hydroxyl groups is 1. The lowest BCUT2D eigenvalue weighted by Gasteiger charge is -2.28. The molecule has 39 heavy (non-hydrogen) atoms. The number of likely N-dealkylation sites (tertiary alicyclic amines) is 1. The van der Waals surface area contributed by atoms with Crippen molar-refractivity contribution in [1.82, 2.24) is 25.8 Å². The van der Waals surface area contributed by atoms with Crippen molar-refractivity contribution < 1.29 is 19.4 Å². The van der Waals surface area contributed by atoms with E-state index in [4.69, 9.17) is 4.74 Å². The zero-order chi connectivity index (χ0) is 28.4. The molecule has 1 aliphatic rings. The van der Waals surface area contributed by atoms with Gasteiger partial charge in [-0.3, -0.25) is 9.59 Å². The molecule has 1 saturated heterocycles. The first-order chi connectivity index (χ1) is 18.7. The van der Waals surface area contributed by atoms with Crippen molar-refractivity contribution in [3.63, 3.8) is 0 Å². The summed E-state index contributed by atoms with van der Waals surface area (Å²) in [5.41, 5.74) is 4.91. The van der Waals surface area contributed by atoms with E-state index >= 15 is 0 Å². The highest BCUT2D eigenvalue weighted by Gasteiger charge is 2.40. The first-order valence-corrected chi connectivity index (χ1v) is 14.8. The summed E-state index contributed by atoms with van der Waals surface area (Å²) in [5.74, 6) is 0.109. The lowest BCUT2D eigenvalue weighted by atomic mass is 10.0. The quantitative estimate of drug-likeness (QED) is 0.248. The monoisotopic (exact) mass is 559 g/mol. The molecule has 2 aromatic rings. The first kappa shape index (κ1) is 31.2. The second kappa shape index (κ2) is 15.4. The number of amides is 2. The molecular weight excluding hydrogens is 514 g/mol. The van der Waals surface area contributed by atoms with Crippen LogP contribution in [0.1, 0.15) is 51.3 Å². The van der Waals surface area contributed by atoms with Gasteiger partial charge in [-0.15, -0.1) is 11.3 Å². The van der Waals surface area contributed by atoms with E-state index in [-0.39, 0.29) is 30.8 Å².